The molecule has 4 N–H and O–H groups in total. The fourth-order valence-electron chi connectivity index (χ4n) is 1.98. The third-order valence-corrected chi connectivity index (χ3v) is 3.51. The molecule has 138 valence electrons. The highest BCUT2D eigenvalue weighted by atomic mass is 16.5. The summed E-state index contributed by atoms with van der Waals surface area (Å²) in [4.78, 5) is 23.8. The van der Waals surface area contributed by atoms with Crippen LogP contribution in [0.4, 0.5) is 0 Å². The summed E-state index contributed by atoms with van der Waals surface area (Å²) in [6.07, 6.45) is 8.80. The summed E-state index contributed by atoms with van der Waals surface area (Å²) in [5.74, 6) is 0.0900. The molecular weight excluding hydrogens is 308 g/mol. The molecule has 24 heavy (non-hydrogen) atoms. The number of hydroxylamine groups is 2. The predicted octanol–water partition coefficient (Wildman–Crippen LogP) is 1.25. The van der Waals surface area contributed by atoms with Gasteiger partial charge in [0, 0.05) is 38.8 Å². The first-order valence-electron chi connectivity index (χ1n) is 8.42. The van der Waals surface area contributed by atoms with Gasteiger partial charge in [0.15, 0.2) is 0 Å². The van der Waals surface area contributed by atoms with E-state index in [9.17, 15) is 9.59 Å². The number of rotatable bonds is 15. The normalized spacial score (nSPS) is 10.6. The summed E-state index contributed by atoms with van der Waals surface area (Å²) < 4.78 is 0. The van der Waals surface area contributed by atoms with Gasteiger partial charge < -0.3 is 16.0 Å². The molecule has 0 bridgehead atoms. The van der Waals surface area contributed by atoms with Crippen LogP contribution in [0.1, 0.15) is 38.5 Å². The number of likely N-dealkylation sites (N-methyl/N-ethyl adjacent to an activating group) is 1. The molecule has 2 amide bonds. The molecule has 0 heterocycles. The van der Waals surface area contributed by atoms with Crippen molar-refractivity contribution in [3.8, 4) is 0 Å². The van der Waals surface area contributed by atoms with Gasteiger partial charge in [-0.1, -0.05) is 18.7 Å². The Kier molecular flexibility index (Phi) is 13.6. The second-order valence-electron chi connectivity index (χ2n) is 5.68. The quantitative estimate of drug-likeness (QED) is 0.137. The van der Waals surface area contributed by atoms with Gasteiger partial charge >= 0.3 is 0 Å². The number of nitrogens with two attached hydrogens (primary N) is 1. The molecule has 0 rings (SSSR count). The fourth-order valence-corrected chi connectivity index (χ4v) is 1.98. The van der Waals surface area contributed by atoms with Crippen LogP contribution in [0.5, 0.6) is 0 Å². The van der Waals surface area contributed by atoms with Gasteiger partial charge in [-0.25, -0.2) is 5.06 Å². The molecule has 0 aromatic rings. The first-order valence-corrected chi connectivity index (χ1v) is 8.42. The first-order chi connectivity index (χ1) is 11.5. The summed E-state index contributed by atoms with van der Waals surface area (Å²) in [6, 6.07) is 0. The lowest BCUT2D eigenvalue weighted by atomic mass is 10.2. The molecule has 7 nitrogen and oxygen atoms in total. The van der Waals surface area contributed by atoms with Crippen molar-refractivity contribution in [2.75, 3.05) is 33.2 Å². The van der Waals surface area contributed by atoms with Gasteiger partial charge in [0.25, 0.3) is 0 Å². The van der Waals surface area contributed by atoms with E-state index in [-0.39, 0.29) is 5.91 Å². The number of nitrogens with zero attached hydrogens (tertiary/aromatic N) is 2. The van der Waals surface area contributed by atoms with Gasteiger partial charge in [0.1, 0.15) is 0 Å². The Morgan fingerprint density at radius 3 is 2.67 bits per heavy atom. The number of allylic oxidation sites excluding steroid dienone is 1. The summed E-state index contributed by atoms with van der Waals surface area (Å²) >= 11 is 0. The molecule has 0 saturated carbocycles. The van der Waals surface area contributed by atoms with Crippen molar-refractivity contribution in [3.05, 3.63) is 24.4 Å². The highest BCUT2D eigenvalue weighted by molar-refractivity contribution is 5.76. The topological polar surface area (TPSA) is 98.9 Å². The molecule has 0 unspecified atom stereocenters. The Labute approximate surface area is 145 Å². The van der Waals surface area contributed by atoms with Crippen molar-refractivity contribution < 1.29 is 14.8 Å². The molecule has 0 radical (unpaired) electrons. The van der Waals surface area contributed by atoms with Gasteiger partial charge in [-0.15, -0.1) is 0 Å². The maximum atomic E-state index is 12.0. The molecule has 0 fully saturated rings. The van der Waals surface area contributed by atoms with E-state index in [0.717, 1.165) is 37.9 Å². The van der Waals surface area contributed by atoms with E-state index in [1.807, 2.05) is 12.2 Å². The summed E-state index contributed by atoms with van der Waals surface area (Å²) in [5, 5.41) is 12.8. The summed E-state index contributed by atoms with van der Waals surface area (Å²) in [5.41, 5.74) is 6.25. The third kappa shape index (κ3) is 12.7. The Bertz CT molecular complexity index is 399. The number of nitrogens with one attached hydrogen (secondary N) is 1. The highest BCUT2D eigenvalue weighted by Gasteiger charge is 2.07. The fraction of sp³-hybridized carbons (Fsp3) is 0.647. The molecule has 0 aliphatic rings. The number of unbranched alkanes of at least 4 members (excludes halogenated alkanes) is 2. The Morgan fingerprint density at radius 1 is 1.25 bits per heavy atom. The average Bonchev–Trinajstić information content (AvgIpc) is 2.58. The molecule has 0 aliphatic carbocycles. The largest absolute Gasteiger partial charge is 0.389 e. The predicted molar refractivity (Wildman–Crippen MR) is 95.2 cm³/mol. The molecule has 0 aromatic heterocycles. The molecule has 0 aliphatic heterocycles. The highest BCUT2D eigenvalue weighted by Crippen LogP contribution is 2.03. The number of amides is 2. The van der Waals surface area contributed by atoms with E-state index >= 15 is 0 Å². The lowest BCUT2D eigenvalue weighted by Crippen LogP contribution is -2.27. The van der Waals surface area contributed by atoms with Crippen LogP contribution in [0.3, 0.4) is 0 Å². The van der Waals surface area contributed by atoms with Crippen molar-refractivity contribution >= 4 is 12.3 Å². The molecule has 0 spiro atoms. The van der Waals surface area contributed by atoms with Gasteiger partial charge in [0.05, 0.1) is 0 Å². The van der Waals surface area contributed by atoms with Crippen LogP contribution < -0.4 is 11.1 Å². The number of hydrogen-bond acceptors (Lipinski definition) is 5. The zero-order valence-electron chi connectivity index (χ0n) is 14.7. The minimum Gasteiger partial charge on any atom is -0.389 e. The van der Waals surface area contributed by atoms with Crippen molar-refractivity contribution in [1.82, 2.24) is 15.3 Å². The smallest absolute Gasteiger partial charge is 0.233 e. The second-order valence-corrected chi connectivity index (χ2v) is 5.68. The Hall–Kier alpha value is -1.86. The SMILES string of the molecule is C=C(CCC(=O)N(C)C/C=C/CCN)NCCCCCN(O)C=O. The van der Waals surface area contributed by atoms with E-state index in [1.165, 1.54) is 0 Å². The lowest BCUT2D eigenvalue weighted by molar-refractivity contribution is -0.149. The number of carbonyl (C=O) groups excluding carboxylic acids is 2. The zero-order valence-corrected chi connectivity index (χ0v) is 14.7. The van der Waals surface area contributed by atoms with Gasteiger partial charge in [-0.2, -0.15) is 0 Å². The van der Waals surface area contributed by atoms with E-state index in [4.69, 9.17) is 10.9 Å². The summed E-state index contributed by atoms with van der Waals surface area (Å²) in [6.45, 7) is 6.27. The van der Waals surface area contributed by atoms with Crippen LogP contribution in [0.2, 0.25) is 0 Å². The monoisotopic (exact) mass is 340 g/mol. The third-order valence-electron chi connectivity index (χ3n) is 3.51. The van der Waals surface area contributed by atoms with E-state index in [1.54, 1.807) is 11.9 Å². The van der Waals surface area contributed by atoms with Gasteiger partial charge in [-0.3, -0.25) is 14.8 Å². The van der Waals surface area contributed by atoms with E-state index in [0.29, 0.717) is 43.9 Å². The molecular formula is C17H32N4O3. The van der Waals surface area contributed by atoms with Crippen molar-refractivity contribution in [1.29, 1.82) is 0 Å². The minimum atomic E-state index is 0.0900. The van der Waals surface area contributed by atoms with Crippen LogP contribution in [-0.4, -0.2) is 60.7 Å². The number of carbonyl (C=O) groups is 2. The maximum absolute atomic E-state index is 12.0. The molecule has 0 aromatic carbocycles. The lowest BCUT2D eigenvalue weighted by Gasteiger charge is -2.16. The standard InChI is InChI=1S/C17H32N4O3/c1-16(19-12-6-4-8-14-21(24)15-22)9-10-17(23)20(2)13-7-3-5-11-18/h3,7,15,19,24H,1,4-6,8-14,18H2,2H3/b7-3+. The number of hydrogen-bond donors (Lipinski definition) is 3. The first kappa shape index (κ1) is 22.1. The maximum Gasteiger partial charge on any atom is 0.233 e. The van der Waals surface area contributed by atoms with Gasteiger partial charge in [0.2, 0.25) is 12.3 Å². The van der Waals surface area contributed by atoms with Crippen LogP contribution in [0.15, 0.2) is 24.4 Å². The van der Waals surface area contributed by atoms with Crippen LogP contribution >= 0.6 is 0 Å². The van der Waals surface area contributed by atoms with Crippen LogP contribution in [0.25, 0.3) is 0 Å². The zero-order chi connectivity index (χ0) is 18.2. The van der Waals surface area contributed by atoms with Crippen molar-refractivity contribution in [2.24, 2.45) is 5.73 Å². The second kappa shape index (κ2) is 14.7. The molecule has 0 atom stereocenters. The van der Waals surface area contributed by atoms with Crippen molar-refractivity contribution in [3.63, 3.8) is 0 Å². The van der Waals surface area contributed by atoms with E-state index in [2.05, 4.69) is 11.9 Å². The Balaban J connectivity index is 3.66. The van der Waals surface area contributed by atoms with E-state index < -0.39 is 0 Å². The van der Waals surface area contributed by atoms with Crippen molar-refractivity contribution in [2.45, 2.75) is 38.5 Å². The minimum absolute atomic E-state index is 0.0900. The molecule has 0 saturated heterocycles. The Morgan fingerprint density at radius 2 is 2.00 bits per heavy atom. The molecule has 7 heteroatoms. The van der Waals surface area contributed by atoms with Crippen LogP contribution in [-0.2, 0) is 9.59 Å². The summed E-state index contributed by atoms with van der Waals surface area (Å²) in [7, 11) is 1.79. The van der Waals surface area contributed by atoms with Gasteiger partial charge in [-0.05, 0) is 38.6 Å². The average molecular weight is 340 g/mol. The van der Waals surface area contributed by atoms with Crippen LogP contribution in [0, 0.1) is 0 Å².